The molecule has 1 atom stereocenters. The summed E-state index contributed by atoms with van der Waals surface area (Å²) >= 11 is 0. The van der Waals surface area contributed by atoms with E-state index in [1.807, 2.05) is 0 Å². The Hall–Kier alpha value is -2.50. The van der Waals surface area contributed by atoms with E-state index in [2.05, 4.69) is 15.3 Å². The molecule has 0 aliphatic carbocycles. The van der Waals surface area contributed by atoms with Gasteiger partial charge in [0, 0.05) is 25.5 Å². The van der Waals surface area contributed by atoms with Gasteiger partial charge in [-0.15, -0.1) is 0 Å². The number of nitrogens with one attached hydrogen (secondary N) is 1. The first-order valence-corrected chi connectivity index (χ1v) is 6.79. The Balaban J connectivity index is 1.62. The van der Waals surface area contributed by atoms with Crippen LogP contribution in [0.3, 0.4) is 0 Å². The predicted octanol–water partition coefficient (Wildman–Crippen LogP) is 1.83. The quantitative estimate of drug-likeness (QED) is 0.931. The summed E-state index contributed by atoms with van der Waals surface area (Å²) in [6, 6.07) is 7.63. The predicted molar refractivity (Wildman–Crippen MR) is 75.9 cm³/mol. The highest BCUT2D eigenvalue weighted by Crippen LogP contribution is 2.17. The molecule has 2 heterocycles. The van der Waals surface area contributed by atoms with E-state index < -0.39 is 0 Å². The second-order valence-corrected chi connectivity index (χ2v) is 4.94. The fraction of sp³-hybridized carbons (Fsp3) is 0.267. The molecule has 3 rings (SSSR count). The second-order valence-electron chi connectivity index (χ2n) is 4.94. The maximum Gasteiger partial charge on any atom is 0.245 e. The molecule has 5 nitrogen and oxygen atoms in total. The number of carbonyl (C=O) groups is 1. The first kappa shape index (κ1) is 13.5. The van der Waals surface area contributed by atoms with Gasteiger partial charge in [0.1, 0.15) is 11.9 Å². The number of halogens is 1. The molecule has 1 aromatic carbocycles. The van der Waals surface area contributed by atoms with E-state index in [-0.39, 0.29) is 17.8 Å². The van der Waals surface area contributed by atoms with E-state index in [1.165, 1.54) is 12.1 Å². The van der Waals surface area contributed by atoms with E-state index in [1.54, 1.807) is 35.5 Å². The third-order valence-corrected chi connectivity index (χ3v) is 3.45. The third-order valence-electron chi connectivity index (χ3n) is 3.45. The van der Waals surface area contributed by atoms with Crippen LogP contribution in [0.15, 0.2) is 42.7 Å². The Morgan fingerprint density at radius 2 is 1.95 bits per heavy atom. The third kappa shape index (κ3) is 3.16. The van der Waals surface area contributed by atoms with Crippen LogP contribution in [0.5, 0.6) is 0 Å². The molecule has 0 spiro atoms. The minimum Gasteiger partial charge on any atom is -0.342 e. The van der Waals surface area contributed by atoms with Crippen LogP contribution >= 0.6 is 0 Å². The van der Waals surface area contributed by atoms with Crippen molar-refractivity contribution in [3.05, 3.63) is 54.1 Å². The molecule has 1 N–H and O–H groups in total. The number of likely N-dealkylation sites (tertiary alicyclic amines) is 1. The number of hydrogen-bond donors (Lipinski definition) is 1. The van der Waals surface area contributed by atoms with Crippen molar-refractivity contribution in [3.8, 4) is 0 Å². The number of carbonyl (C=O) groups excluding carboxylic acids is 1. The Bertz CT molecular complexity index is 617. The molecular weight excluding hydrogens is 271 g/mol. The summed E-state index contributed by atoms with van der Waals surface area (Å²) in [6.07, 6.45) is 3.97. The monoisotopic (exact) mass is 286 g/mol. The van der Waals surface area contributed by atoms with Gasteiger partial charge in [-0.05, 0) is 30.2 Å². The van der Waals surface area contributed by atoms with Gasteiger partial charge in [-0.25, -0.2) is 14.4 Å². The van der Waals surface area contributed by atoms with Crippen LogP contribution in [0.4, 0.5) is 10.3 Å². The van der Waals surface area contributed by atoms with Crippen molar-refractivity contribution in [2.45, 2.75) is 19.0 Å². The van der Waals surface area contributed by atoms with Gasteiger partial charge in [0.15, 0.2) is 0 Å². The molecule has 108 valence electrons. The van der Waals surface area contributed by atoms with Gasteiger partial charge >= 0.3 is 0 Å². The van der Waals surface area contributed by atoms with Crippen LogP contribution in [-0.4, -0.2) is 33.4 Å². The molecule has 0 bridgehead atoms. The highest BCUT2D eigenvalue weighted by atomic mass is 19.1. The van der Waals surface area contributed by atoms with Gasteiger partial charge in [0.05, 0.1) is 0 Å². The Labute approximate surface area is 121 Å². The highest BCUT2D eigenvalue weighted by molar-refractivity contribution is 5.86. The zero-order chi connectivity index (χ0) is 14.7. The molecule has 1 unspecified atom stereocenters. The molecule has 1 amide bonds. The number of amides is 1. The number of nitrogens with zero attached hydrogens (tertiary/aromatic N) is 3. The normalized spacial score (nSPS) is 18.0. The molecule has 1 aliphatic rings. The molecule has 1 aromatic heterocycles. The number of benzene rings is 1. The highest BCUT2D eigenvalue weighted by Gasteiger charge is 2.31. The van der Waals surface area contributed by atoms with Crippen LogP contribution in [0.25, 0.3) is 0 Å². The van der Waals surface area contributed by atoms with E-state index in [0.717, 1.165) is 5.56 Å². The topological polar surface area (TPSA) is 58.1 Å². The summed E-state index contributed by atoms with van der Waals surface area (Å²) < 4.78 is 12.9. The SMILES string of the molecule is O=C1C(Nc2ncccn2)CCN1Cc1ccc(F)cc1. The van der Waals surface area contributed by atoms with Crippen LogP contribution in [0, 0.1) is 5.82 Å². The van der Waals surface area contributed by atoms with Crippen LogP contribution in [0.1, 0.15) is 12.0 Å². The molecule has 6 heteroatoms. The average molecular weight is 286 g/mol. The molecule has 2 aromatic rings. The summed E-state index contributed by atoms with van der Waals surface area (Å²) in [6.45, 7) is 1.16. The van der Waals surface area contributed by atoms with E-state index >= 15 is 0 Å². The fourth-order valence-corrected chi connectivity index (χ4v) is 2.37. The summed E-state index contributed by atoms with van der Waals surface area (Å²) in [5.74, 6) is 0.207. The van der Waals surface area contributed by atoms with Crippen molar-refractivity contribution in [2.24, 2.45) is 0 Å². The number of rotatable bonds is 4. The Morgan fingerprint density at radius 1 is 1.24 bits per heavy atom. The van der Waals surface area contributed by atoms with Gasteiger partial charge in [0.2, 0.25) is 11.9 Å². The van der Waals surface area contributed by atoms with Crippen molar-refractivity contribution in [1.29, 1.82) is 0 Å². The van der Waals surface area contributed by atoms with Crippen LogP contribution < -0.4 is 5.32 Å². The minimum atomic E-state index is -0.298. The van der Waals surface area contributed by atoms with E-state index in [0.29, 0.717) is 25.5 Å². The lowest BCUT2D eigenvalue weighted by Crippen LogP contribution is -2.33. The Kier molecular flexibility index (Phi) is 3.77. The summed E-state index contributed by atoms with van der Waals surface area (Å²) in [5.41, 5.74) is 0.918. The largest absolute Gasteiger partial charge is 0.342 e. The average Bonchev–Trinajstić information content (AvgIpc) is 2.84. The number of hydrogen-bond acceptors (Lipinski definition) is 4. The van der Waals surface area contributed by atoms with Gasteiger partial charge in [-0.1, -0.05) is 12.1 Å². The van der Waals surface area contributed by atoms with Crippen molar-refractivity contribution >= 4 is 11.9 Å². The summed E-state index contributed by atoms with van der Waals surface area (Å²) in [7, 11) is 0. The molecule has 21 heavy (non-hydrogen) atoms. The molecule has 1 aliphatic heterocycles. The number of anilines is 1. The van der Waals surface area contributed by atoms with Crippen LogP contribution in [0.2, 0.25) is 0 Å². The van der Waals surface area contributed by atoms with Crippen molar-refractivity contribution < 1.29 is 9.18 Å². The van der Waals surface area contributed by atoms with Gasteiger partial charge in [-0.3, -0.25) is 4.79 Å². The second kappa shape index (κ2) is 5.87. The molecular formula is C15H15FN4O. The van der Waals surface area contributed by atoms with Crippen molar-refractivity contribution in [2.75, 3.05) is 11.9 Å². The van der Waals surface area contributed by atoms with Gasteiger partial charge in [-0.2, -0.15) is 0 Å². The lowest BCUT2D eigenvalue weighted by molar-refractivity contribution is -0.128. The molecule has 1 fully saturated rings. The number of aromatic nitrogens is 2. The van der Waals surface area contributed by atoms with Crippen LogP contribution in [-0.2, 0) is 11.3 Å². The fourth-order valence-electron chi connectivity index (χ4n) is 2.37. The summed E-state index contributed by atoms with van der Waals surface area (Å²) in [5, 5.41) is 3.04. The maximum atomic E-state index is 12.9. The lowest BCUT2D eigenvalue weighted by atomic mass is 10.2. The van der Waals surface area contributed by atoms with Crippen molar-refractivity contribution in [3.63, 3.8) is 0 Å². The minimum absolute atomic E-state index is 0.0202. The first-order chi connectivity index (χ1) is 10.2. The zero-order valence-electron chi connectivity index (χ0n) is 11.4. The maximum absolute atomic E-state index is 12.9. The lowest BCUT2D eigenvalue weighted by Gasteiger charge is -2.17. The zero-order valence-corrected chi connectivity index (χ0v) is 11.4. The van der Waals surface area contributed by atoms with Crippen molar-refractivity contribution in [1.82, 2.24) is 14.9 Å². The van der Waals surface area contributed by atoms with Gasteiger partial charge < -0.3 is 10.2 Å². The summed E-state index contributed by atoms with van der Waals surface area (Å²) in [4.78, 5) is 22.2. The molecule has 0 saturated carbocycles. The molecule has 0 radical (unpaired) electrons. The molecule has 1 saturated heterocycles. The Morgan fingerprint density at radius 3 is 2.67 bits per heavy atom. The smallest absolute Gasteiger partial charge is 0.245 e. The van der Waals surface area contributed by atoms with E-state index in [9.17, 15) is 9.18 Å². The van der Waals surface area contributed by atoms with E-state index in [4.69, 9.17) is 0 Å². The standard InChI is InChI=1S/C15H15FN4O/c16-12-4-2-11(3-5-12)10-20-9-6-13(14(20)21)19-15-17-7-1-8-18-15/h1-5,7-8,13H,6,9-10H2,(H,17,18,19). The van der Waals surface area contributed by atoms with Gasteiger partial charge in [0.25, 0.3) is 0 Å². The first-order valence-electron chi connectivity index (χ1n) is 6.79.